The second kappa shape index (κ2) is 6.41. The lowest BCUT2D eigenvalue weighted by Crippen LogP contribution is -2.12. The molecule has 2 rings (SSSR count). The molecule has 0 bridgehead atoms. The molecule has 0 aliphatic rings. The lowest BCUT2D eigenvalue weighted by molar-refractivity contribution is 0.414. The predicted molar refractivity (Wildman–Crippen MR) is 84.9 cm³/mol. The number of aromatic nitrogens is 2. The summed E-state index contributed by atoms with van der Waals surface area (Å²) in [6.45, 7) is 3.95. The highest BCUT2D eigenvalue weighted by atomic mass is 16.5. The van der Waals surface area contributed by atoms with E-state index in [-0.39, 0.29) is 6.04 Å². The van der Waals surface area contributed by atoms with E-state index in [2.05, 4.69) is 27.5 Å². The van der Waals surface area contributed by atoms with Gasteiger partial charge in [-0.25, -0.2) is 4.98 Å². The largest absolute Gasteiger partial charge is 0.497 e. The summed E-state index contributed by atoms with van der Waals surface area (Å²) in [5.74, 6) is 1.71. The molecule has 112 valence electrons. The molecule has 2 aromatic rings. The minimum atomic E-state index is 0.213. The maximum atomic E-state index is 5.80. The molecule has 0 fully saturated rings. The van der Waals surface area contributed by atoms with Crippen LogP contribution in [0.3, 0.4) is 0 Å². The van der Waals surface area contributed by atoms with Gasteiger partial charge < -0.3 is 21.1 Å². The molecule has 0 radical (unpaired) electrons. The molecule has 0 saturated heterocycles. The van der Waals surface area contributed by atoms with E-state index in [0.717, 1.165) is 22.6 Å². The number of benzene rings is 1. The molecular weight excluding hydrogens is 266 g/mol. The second-order valence-electron chi connectivity index (χ2n) is 4.89. The van der Waals surface area contributed by atoms with E-state index in [1.54, 1.807) is 13.3 Å². The Kier molecular flexibility index (Phi) is 4.59. The third-order valence-corrected chi connectivity index (χ3v) is 3.36. The zero-order chi connectivity index (χ0) is 15.4. The second-order valence-corrected chi connectivity index (χ2v) is 4.89. The molecule has 1 unspecified atom stereocenters. The van der Waals surface area contributed by atoms with Gasteiger partial charge in [0.2, 0.25) is 5.95 Å². The summed E-state index contributed by atoms with van der Waals surface area (Å²) in [5, 5.41) is 6.36. The van der Waals surface area contributed by atoms with Crippen LogP contribution in [0, 0.1) is 6.92 Å². The van der Waals surface area contributed by atoms with Crippen molar-refractivity contribution in [3.63, 3.8) is 0 Å². The highest BCUT2D eigenvalue weighted by Gasteiger charge is 2.08. The minimum Gasteiger partial charge on any atom is -0.497 e. The number of hydrogen-bond acceptors (Lipinski definition) is 6. The van der Waals surface area contributed by atoms with Crippen molar-refractivity contribution in [1.82, 2.24) is 15.3 Å². The average molecular weight is 287 g/mol. The molecule has 6 heteroatoms. The zero-order valence-electron chi connectivity index (χ0n) is 12.8. The van der Waals surface area contributed by atoms with Crippen molar-refractivity contribution in [2.75, 3.05) is 25.2 Å². The molecule has 0 aliphatic carbocycles. The smallest absolute Gasteiger partial charge is 0.229 e. The van der Waals surface area contributed by atoms with E-state index in [4.69, 9.17) is 10.5 Å². The zero-order valence-corrected chi connectivity index (χ0v) is 12.8. The van der Waals surface area contributed by atoms with Crippen molar-refractivity contribution in [2.45, 2.75) is 19.9 Å². The fourth-order valence-corrected chi connectivity index (χ4v) is 1.87. The van der Waals surface area contributed by atoms with Crippen molar-refractivity contribution in [2.24, 2.45) is 0 Å². The molecule has 0 amide bonds. The first-order valence-corrected chi connectivity index (χ1v) is 6.76. The quantitative estimate of drug-likeness (QED) is 0.783. The topological polar surface area (TPSA) is 85.1 Å². The number of anilines is 3. The first-order valence-electron chi connectivity index (χ1n) is 6.76. The Morgan fingerprint density at radius 2 is 2.05 bits per heavy atom. The SMILES string of the molecule is CNC(C)c1cc(Nc2ncc(C)c(N)n2)cc(OC)c1. The number of nitrogens with one attached hydrogen (secondary N) is 2. The van der Waals surface area contributed by atoms with Crippen molar-refractivity contribution in [1.29, 1.82) is 0 Å². The van der Waals surface area contributed by atoms with Crippen LogP contribution >= 0.6 is 0 Å². The lowest BCUT2D eigenvalue weighted by atomic mass is 10.1. The monoisotopic (exact) mass is 287 g/mol. The Bertz CT molecular complexity index is 629. The number of nitrogen functional groups attached to an aromatic ring is 1. The van der Waals surface area contributed by atoms with E-state index in [1.165, 1.54) is 0 Å². The fourth-order valence-electron chi connectivity index (χ4n) is 1.87. The Morgan fingerprint density at radius 1 is 1.29 bits per heavy atom. The van der Waals surface area contributed by atoms with Gasteiger partial charge in [0.15, 0.2) is 0 Å². The number of methoxy groups -OCH3 is 1. The summed E-state index contributed by atoms with van der Waals surface area (Å²) in [5.41, 5.74) is 8.63. The lowest BCUT2D eigenvalue weighted by Gasteiger charge is -2.15. The van der Waals surface area contributed by atoms with Gasteiger partial charge in [-0.2, -0.15) is 4.98 Å². The highest BCUT2D eigenvalue weighted by molar-refractivity contribution is 5.59. The first kappa shape index (κ1) is 15.1. The first-order chi connectivity index (χ1) is 10.0. The molecule has 4 N–H and O–H groups in total. The number of hydrogen-bond donors (Lipinski definition) is 3. The molecule has 1 heterocycles. The third kappa shape index (κ3) is 3.61. The van der Waals surface area contributed by atoms with Crippen molar-refractivity contribution in [3.8, 4) is 5.75 Å². The van der Waals surface area contributed by atoms with Gasteiger partial charge in [-0.05, 0) is 38.6 Å². The summed E-state index contributed by atoms with van der Waals surface area (Å²) in [6, 6.07) is 6.13. The van der Waals surface area contributed by atoms with Crippen LogP contribution < -0.4 is 21.1 Å². The number of nitrogens with two attached hydrogens (primary N) is 1. The number of nitrogens with zero attached hydrogens (tertiary/aromatic N) is 2. The molecule has 0 aliphatic heterocycles. The van der Waals surface area contributed by atoms with Crippen LogP contribution in [-0.2, 0) is 0 Å². The molecule has 1 aromatic carbocycles. The van der Waals surface area contributed by atoms with Crippen LogP contribution in [0.5, 0.6) is 5.75 Å². The molecule has 6 nitrogen and oxygen atoms in total. The van der Waals surface area contributed by atoms with Crippen LogP contribution in [0.15, 0.2) is 24.4 Å². The Labute approximate surface area is 124 Å². The molecule has 0 spiro atoms. The molecule has 21 heavy (non-hydrogen) atoms. The Morgan fingerprint density at radius 3 is 2.67 bits per heavy atom. The summed E-state index contributed by atoms with van der Waals surface area (Å²) in [6.07, 6.45) is 1.70. The van der Waals surface area contributed by atoms with E-state index in [0.29, 0.717) is 11.8 Å². The number of ether oxygens (including phenoxy) is 1. The van der Waals surface area contributed by atoms with Gasteiger partial charge >= 0.3 is 0 Å². The van der Waals surface area contributed by atoms with E-state index in [1.807, 2.05) is 32.2 Å². The van der Waals surface area contributed by atoms with Crippen LogP contribution in [0.25, 0.3) is 0 Å². The van der Waals surface area contributed by atoms with Crippen LogP contribution in [0.4, 0.5) is 17.5 Å². The van der Waals surface area contributed by atoms with Gasteiger partial charge in [-0.1, -0.05) is 0 Å². The van der Waals surface area contributed by atoms with Crippen LogP contribution in [0.1, 0.15) is 24.1 Å². The fraction of sp³-hybridized carbons (Fsp3) is 0.333. The van der Waals surface area contributed by atoms with Gasteiger partial charge in [-0.15, -0.1) is 0 Å². The third-order valence-electron chi connectivity index (χ3n) is 3.36. The molecule has 1 atom stereocenters. The van der Waals surface area contributed by atoms with E-state index in [9.17, 15) is 0 Å². The minimum absolute atomic E-state index is 0.213. The summed E-state index contributed by atoms with van der Waals surface area (Å²) in [4.78, 5) is 8.44. The number of aryl methyl sites for hydroxylation is 1. The van der Waals surface area contributed by atoms with Gasteiger partial charge in [-0.3, -0.25) is 0 Å². The van der Waals surface area contributed by atoms with Crippen LogP contribution in [-0.4, -0.2) is 24.1 Å². The maximum Gasteiger partial charge on any atom is 0.229 e. The molecule has 1 aromatic heterocycles. The van der Waals surface area contributed by atoms with Gasteiger partial charge in [0.05, 0.1) is 7.11 Å². The summed E-state index contributed by atoms with van der Waals surface area (Å²) >= 11 is 0. The Hall–Kier alpha value is -2.34. The normalized spacial score (nSPS) is 12.0. The molecule has 0 saturated carbocycles. The summed E-state index contributed by atoms with van der Waals surface area (Å²) < 4.78 is 5.34. The van der Waals surface area contributed by atoms with Gasteiger partial charge in [0.1, 0.15) is 11.6 Å². The maximum absolute atomic E-state index is 5.80. The average Bonchev–Trinajstić information content (AvgIpc) is 2.49. The van der Waals surface area contributed by atoms with Crippen molar-refractivity contribution in [3.05, 3.63) is 35.5 Å². The van der Waals surface area contributed by atoms with E-state index >= 15 is 0 Å². The van der Waals surface area contributed by atoms with Gasteiger partial charge in [0, 0.05) is 29.6 Å². The number of rotatable bonds is 5. The van der Waals surface area contributed by atoms with Crippen molar-refractivity contribution >= 4 is 17.5 Å². The van der Waals surface area contributed by atoms with E-state index < -0.39 is 0 Å². The Balaban J connectivity index is 2.31. The summed E-state index contributed by atoms with van der Waals surface area (Å²) in [7, 11) is 3.56. The molecular formula is C15H21N5O. The van der Waals surface area contributed by atoms with Crippen LogP contribution in [0.2, 0.25) is 0 Å². The van der Waals surface area contributed by atoms with Gasteiger partial charge in [0.25, 0.3) is 0 Å². The highest BCUT2D eigenvalue weighted by Crippen LogP contribution is 2.26. The standard InChI is InChI=1S/C15H21N5O/c1-9-8-18-15(20-14(9)16)19-12-5-11(10(2)17-3)6-13(7-12)21-4/h5-8,10,17H,1-4H3,(H3,16,18,19,20). The van der Waals surface area contributed by atoms with Crippen molar-refractivity contribution < 1.29 is 4.74 Å². The predicted octanol–water partition coefficient (Wildman–Crippen LogP) is 2.40.